The van der Waals surface area contributed by atoms with Gasteiger partial charge in [0.25, 0.3) is 0 Å². The van der Waals surface area contributed by atoms with Crippen molar-refractivity contribution in [2.75, 3.05) is 6.61 Å². The quantitative estimate of drug-likeness (QED) is 0.797. The number of halogens is 1. The summed E-state index contributed by atoms with van der Waals surface area (Å²) in [6.07, 6.45) is -0.00529. The van der Waals surface area contributed by atoms with Crippen LogP contribution in [-0.2, 0) is 0 Å². The van der Waals surface area contributed by atoms with Gasteiger partial charge >= 0.3 is 0 Å². The van der Waals surface area contributed by atoms with Crippen molar-refractivity contribution in [3.8, 4) is 0 Å². The van der Waals surface area contributed by atoms with Gasteiger partial charge in [-0.2, -0.15) is 0 Å². The van der Waals surface area contributed by atoms with Crippen LogP contribution in [0.1, 0.15) is 37.5 Å². The fourth-order valence-electron chi connectivity index (χ4n) is 1.56. The van der Waals surface area contributed by atoms with E-state index in [9.17, 15) is 9.50 Å². The number of aryl methyl sites for hydroxylation is 1. The molecule has 1 aromatic rings. The van der Waals surface area contributed by atoms with Crippen molar-refractivity contribution in [1.82, 2.24) is 0 Å². The number of hydrogen-bond acceptors (Lipinski definition) is 3. The lowest BCUT2D eigenvalue weighted by Crippen LogP contribution is -2.03. The van der Waals surface area contributed by atoms with Gasteiger partial charge in [0, 0.05) is 16.8 Å². The first-order valence-corrected chi connectivity index (χ1v) is 6.59. The Morgan fingerprint density at radius 1 is 1.35 bits per heavy atom. The maximum absolute atomic E-state index is 13.4. The third kappa shape index (κ3) is 3.98. The van der Waals surface area contributed by atoms with Crippen LogP contribution in [0.3, 0.4) is 0 Å². The summed E-state index contributed by atoms with van der Waals surface area (Å²) in [4.78, 5) is 0.889. The highest BCUT2D eigenvalue weighted by Crippen LogP contribution is 2.33. The molecule has 96 valence electrons. The van der Waals surface area contributed by atoms with E-state index < -0.39 is 6.10 Å². The minimum absolute atomic E-state index is 0.137. The Labute approximate surface area is 106 Å². The van der Waals surface area contributed by atoms with E-state index in [1.165, 1.54) is 6.07 Å². The zero-order valence-electron chi connectivity index (χ0n) is 10.4. The van der Waals surface area contributed by atoms with Crippen LogP contribution in [0.2, 0.25) is 0 Å². The summed E-state index contributed by atoms with van der Waals surface area (Å²) in [7, 11) is 0. The van der Waals surface area contributed by atoms with Crippen LogP contribution in [-0.4, -0.2) is 22.1 Å². The molecule has 0 spiro atoms. The predicted molar refractivity (Wildman–Crippen MR) is 68.8 cm³/mol. The second kappa shape index (κ2) is 6.38. The lowest BCUT2D eigenvalue weighted by atomic mass is 10.1. The maximum atomic E-state index is 13.4. The Balaban J connectivity index is 3.00. The molecule has 0 radical (unpaired) electrons. The average molecular weight is 258 g/mol. The van der Waals surface area contributed by atoms with Crippen LogP contribution in [0.25, 0.3) is 0 Å². The van der Waals surface area contributed by atoms with Gasteiger partial charge in [0.15, 0.2) is 0 Å². The molecule has 1 rings (SSSR count). The molecule has 0 saturated heterocycles. The molecule has 0 amide bonds. The van der Waals surface area contributed by atoms with Gasteiger partial charge in [0.1, 0.15) is 5.82 Å². The minimum Gasteiger partial charge on any atom is -0.396 e. The number of aliphatic hydroxyl groups is 2. The van der Waals surface area contributed by atoms with Gasteiger partial charge in [-0.05, 0) is 43.5 Å². The summed E-state index contributed by atoms with van der Waals surface area (Å²) >= 11 is 1.56. The zero-order chi connectivity index (χ0) is 13.0. The standard InChI is InChI=1S/C13H19FO2S/c1-8-6-13(17-9(2)4-5-15)11(10(3)16)7-12(8)14/h6-7,9-10,15-16H,4-5H2,1-3H3/t9?,10-/m1/s1. The molecule has 4 heteroatoms. The second-order valence-corrected chi connectivity index (χ2v) is 5.74. The first kappa shape index (κ1) is 14.5. The third-order valence-electron chi connectivity index (χ3n) is 2.60. The number of hydrogen-bond donors (Lipinski definition) is 2. The third-order valence-corrected chi connectivity index (χ3v) is 3.85. The topological polar surface area (TPSA) is 40.5 Å². The molecule has 0 heterocycles. The molecule has 1 unspecified atom stereocenters. The van der Waals surface area contributed by atoms with Crippen LogP contribution < -0.4 is 0 Å². The predicted octanol–water partition coefficient (Wildman–Crippen LogP) is 3.05. The molecular formula is C13H19FO2S. The monoisotopic (exact) mass is 258 g/mol. The fraction of sp³-hybridized carbons (Fsp3) is 0.538. The van der Waals surface area contributed by atoms with E-state index in [0.29, 0.717) is 17.5 Å². The number of benzene rings is 1. The Bertz CT molecular complexity index is 380. The van der Waals surface area contributed by atoms with Crippen molar-refractivity contribution in [3.63, 3.8) is 0 Å². The lowest BCUT2D eigenvalue weighted by Gasteiger charge is -2.16. The molecule has 0 aliphatic rings. The minimum atomic E-state index is -0.686. The highest BCUT2D eigenvalue weighted by Gasteiger charge is 2.14. The van der Waals surface area contributed by atoms with E-state index in [0.717, 1.165) is 4.90 Å². The van der Waals surface area contributed by atoms with Gasteiger partial charge < -0.3 is 10.2 Å². The van der Waals surface area contributed by atoms with Crippen LogP contribution in [0.5, 0.6) is 0 Å². The molecular weight excluding hydrogens is 239 g/mol. The van der Waals surface area contributed by atoms with Gasteiger partial charge in [-0.1, -0.05) is 6.92 Å². The van der Waals surface area contributed by atoms with E-state index in [1.807, 2.05) is 6.92 Å². The number of rotatable bonds is 5. The van der Waals surface area contributed by atoms with Crippen LogP contribution in [0, 0.1) is 12.7 Å². The van der Waals surface area contributed by atoms with Gasteiger partial charge in [0.2, 0.25) is 0 Å². The summed E-state index contributed by atoms with van der Waals surface area (Å²) in [5.41, 5.74) is 1.19. The Morgan fingerprint density at radius 2 is 2.00 bits per heavy atom. The molecule has 17 heavy (non-hydrogen) atoms. The maximum Gasteiger partial charge on any atom is 0.126 e. The molecule has 2 N–H and O–H groups in total. The van der Waals surface area contributed by atoms with Crippen molar-refractivity contribution < 1.29 is 14.6 Å². The molecule has 1 aromatic carbocycles. The van der Waals surface area contributed by atoms with Gasteiger partial charge in [-0.3, -0.25) is 0 Å². The first-order valence-electron chi connectivity index (χ1n) is 5.71. The SMILES string of the molecule is Cc1cc(SC(C)CCO)c([C@@H](C)O)cc1F. The number of aliphatic hydroxyl groups excluding tert-OH is 2. The van der Waals surface area contributed by atoms with E-state index >= 15 is 0 Å². The smallest absolute Gasteiger partial charge is 0.126 e. The normalized spacial score (nSPS) is 14.7. The molecule has 2 nitrogen and oxygen atoms in total. The summed E-state index contributed by atoms with van der Waals surface area (Å²) in [6.45, 7) is 5.48. The van der Waals surface area contributed by atoms with Crippen molar-refractivity contribution in [1.29, 1.82) is 0 Å². The van der Waals surface area contributed by atoms with Crippen molar-refractivity contribution in [2.24, 2.45) is 0 Å². The molecule has 2 atom stereocenters. The Morgan fingerprint density at radius 3 is 2.53 bits per heavy atom. The molecule has 0 aliphatic heterocycles. The van der Waals surface area contributed by atoms with Crippen molar-refractivity contribution >= 4 is 11.8 Å². The summed E-state index contributed by atoms with van der Waals surface area (Å²) in [5, 5.41) is 18.7. The number of thioether (sulfide) groups is 1. The molecule has 0 fully saturated rings. The largest absolute Gasteiger partial charge is 0.396 e. The second-order valence-electron chi connectivity index (χ2n) is 4.26. The lowest BCUT2D eigenvalue weighted by molar-refractivity contribution is 0.196. The van der Waals surface area contributed by atoms with E-state index in [4.69, 9.17) is 5.11 Å². The fourth-order valence-corrected chi connectivity index (χ4v) is 2.82. The highest BCUT2D eigenvalue weighted by molar-refractivity contribution is 8.00. The molecule has 0 bridgehead atoms. The first-order chi connectivity index (χ1) is 7.95. The summed E-state index contributed by atoms with van der Waals surface area (Å²) in [5.74, 6) is -0.292. The Kier molecular flexibility index (Phi) is 5.43. The van der Waals surface area contributed by atoms with E-state index in [-0.39, 0.29) is 17.7 Å². The molecule has 0 saturated carbocycles. The van der Waals surface area contributed by atoms with Crippen molar-refractivity contribution in [2.45, 2.75) is 43.4 Å². The van der Waals surface area contributed by atoms with Crippen LogP contribution in [0.4, 0.5) is 4.39 Å². The molecule has 0 aromatic heterocycles. The van der Waals surface area contributed by atoms with Gasteiger partial charge in [-0.15, -0.1) is 11.8 Å². The van der Waals surface area contributed by atoms with Crippen molar-refractivity contribution in [3.05, 3.63) is 29.1 Å². The van der Waals surface area contributed by atoms with Crippen LogP contribution in [0.15, 0.2) is 17.0 Å². The van der Waals surface area contributed by atoms with Gasteiger partial charge in [0.05, 0.1) is 6.10 Å². The van der Waals surface area contributed by atoms with Crippen LogP contribution >= 0.6 is 11.8 Å². The highest BCUT2D eigenvalue weighted by atomic mass is 32.2. The van der Waals surface area contributed by atoms with E-state index in [2.05, 4.69) is 0 Å². The summed E-state index contributed by atoms with van der Waals surface area (Å²) < 4.78 is 13.4. The van der Waals surface area contributed by atoms with Gasteiger partial charge in [-0.25, -0.2) is 4.39 Å². The zero-order valence-corrected chi connectivity index (χ0v) is 11.2. The van der Waals surface area contributed by atoms with E-state index in [1.54, 1.807) is 31.7 Å². The average Bonchev–Trinajstić information content (AvgIpc) is 2.23. The Hall–Kier alpha value is -0.580. The summed E-state index contributed by atoms with van der Waals surface area (Å²) in [6, 6.07) is 3.16. The molecule has 0 aliphatic carbocycles.